The second kappa shape index (κ2) is 6.54. The number of hydrogen-bond acceptors (Lipinski definition) is 3. The number of rotatable bonds is 5. The summed E-state index contributed by atoms with van der Waals surface area (Å²) in [7, 11) is 0. The smallest absolute Gasteiger partial charge is 0.119 e. The van der Waals surface area contributed by atoms with Crippen molar-refractivity contribution >= 4 is 11.8 Å². The minimum Gasteiger partial charge on any atom is -0.493 e. The molecular weight excluding hydrogens is 278 g/mol. The Labute approximate surface area is 130 Å². The second-order valence-electron chi connectivity index (χ2n) is 5.44. The summed E-state index contributed by atoms with van der Waals surface area (Å²) < 4.78 is 5.96. The SMILES string of the molecule is CC[C@@H](N)c1ccc(OCC2CSc3ccccc32)cc1. The van der Waals surface area contributed by atoms with Gasteiger partial charge in [0.25, 0.3) is 0 Å². The van der Waals surface area contributed by atoms with Crippen molar-refractivity contribution in [1.29, 1.82) is 0 Å². The molecule has 2 aromatic rings. The van der Waals surface area contributed by atoms with Crippen molar-refractivity contribution in [2.24, 2.45) is 5.73 Å². The number of hydrogen-bond donors (Lipinski definition) is 1. The number of ether oxygens (including phenoxy) is 1. The first-order valence-electron chi connectivity index (χ1n) is 7.48. The molecule has 1 heterocycles. The van der Waals surface area contributed by atoms with Crippen molar-refractivity contribution in [1.82, 2.24) is 0 Å². The Bertz CT molecular complexity index is 596. The van der Waals surface area contributed by atoms with E-state index in [1.165, 1.54) is 16.0 Å². The molecule has 2 N–H and O–H groups in total. The van der Waals surface area contributed by atoms with Gasteiger partial charge < -0.3 is 10.5 Å². The van der Waals surface area contributed by atoms with Crippen molar-refractivity contribution in [2.75, 3.05) is 12.4 Å². The molecule has 1 unspecified atom stereocenters. The van der Waals surface area contributed by atoms with Gasteiger partial charge in [0.2, 0.25) is 0 Å². The van der Waals surface area contributed by atoms with E-state index in [0.717, 1.165) is 24.5 Å². The highest BCUT2D eigenvalue weighted by atomic mass is 32.2. The van der Waals surface area contributed by atoms with Gasteiger partial charge in [0.15, 0.2) is 0 Å². The van der Waals surface area contributed by atoms with Crippen LogP contribution in [0.2, 0.25) is 0 Å². The molecule has 0 amide bonds. The quantitative estimate of drug-likeness (QED) is 0.890. The molecule has 1 aliphatic rings. The molecule has 2 aromatic carbocycles. The van der Waals surface area contributed by atoms with E-state index in [9.17, 15) is 0 Å². The van der Waals surface area contributed by atoms with Crippen LogP contribution >= 0.6 is 11.8 Å². The number of thioether (sulfide) groups is 1. The van der Waals surface area contributed by atoms with Crippen LogP contribution in [0, 0.1) is 0 Å². The molecule has 2 nitrogen and oxygen atoms in total. The summed E-state index contributed by atoms with van der Waals surface area (Å²) in [4.78, 5) is 1.40. The van der Waals surface area contributed by atoms with Crippen LogP contribution in [-0.4, -0.2) is 12.4 Å². The molecule has 0 saturated carbocycles. The zero-order valence-corrected chi connectivity index (χ0v) is 13.1. The maximum absolute atomic E-state index is 6.03. The van der Waals surface area contributed by atoms with Gasteiger partial charge in [-0.3, -0.25) is 0 Å². The minimum absolute atomic E-state index is 0.122. The fourth-order valence-electron chi connectivity index (χ4n) is 2.61. The van der Waals surface area contributed by atoms with Crippen molar-refractivity contribution < 1.29 is 4.74 Å². The third kappa shape index (κ3) is 3.25. The van der Waals surface area contributed by atoms with E-state index in [1.54, 1.807) is 0 Å². The Kier molecular flexibility index (Phi) is 4.51. The Hall–Kier alpha value is -1.45. The Morgan fingerprint density at radius 2 is 1.95 bits per heavy atom. The van der Waals surface area contributed by atoms with Crippen LogP contribution in [0.4, 0.5) is 0 Å². The average molecular weight is 299 g/mol. The van der Waals surface area contributed by atoms with E-state index in [4.69, 9.17) is 10.5 Å². The molecule has 3 rings (SSSR count). The standard InChI is InChI=1S/C18H21NOS/c1-2-17(19)13-7-9-15(10-8-13)20-11-14-12-21-18-6-4-3-5-16(14)18/h3-10,14,17H,2,11-12,19H2,1H3/t14?,17-/m1/s1. The summed E-state index contributed by atoms with van der Waals surface area (Å²) in [6, 6.07) is 16.9. The third-order valence-corrected chi connectivity index (χ3v) is 5.25. The maximum Gasteiger partial charge on any atom is 0.119 e. The van der Waals surface area contributed by atoms with Gasteiger partial charge in [-0.15, -0.1) is 11.8 Å². The summed E-state index contributed by atoms with van der Waals surface area (Å²) in [5.74, 6) is 2.53. The van der Waals surface area contributed by atoms with Gasteiger partial charge >= 0.3 is 0 Å². The van der Waals surface area contributed by atoms with Gasteiger partial charge in [-0.2, -0.15) is 0 Å². The number of nitrogens with two attached hydrogens (primary N) is 1. The lowest BCUT2D eigenvalue weighted by Crippen LogP contribution is -2.10. The van der Waals surface area contributed by atoms with Crippen LogP contribution in [0.15, 0.2) is 53.4 Å². The minimum atomic E-state index is 0.122. The molecule has 110 valence electrons. The highest BCUT2D eigenvalue weighted by molar-refractivity contribution is 7.99. The molecule has 0 aliphatic carbocycles. The van der Waals surface area contributed by atoms with E-state index in [1.807, 2.05) is 23.9 Å². The molecule has 1 aliphatic heterocycles. The molecule has 0 fully saturated rings. The highest BCUT2D eigenvalue weighted by Crippen LogP contribution is 2.39. The van der Waals surface area contributed by atoms with Crippen LogP contribution in [0.1, 0.15) is 36.4 Å². The Balaban J connectivity index is 1.61. The fourth-order valence-corrected chi connectivity index (χ4v) is 3.84. The molecule has 0 bridgehead atoms. The third-order valence-electron chi connectivity index (χ3n) is 4.00. The number of fused-ring (bicyclic) bond motifs is 1. The largest absolute Gasteiger partial charge is 0.493 e. The predicted molar refractivity (Wildman–Crippen MR) is 89.1 cm³/mol. The van der Waals surface area contributed by atoms with E-state index in [-0.39, 0.29) is 6.04 Å². The summed E-state index contributed by atoms with van der Waals surface area (Å²) >= 11 is 1.92. The lowest BCUT2D eigenvalue weighted by molar-refractivity contribution is 0.298. The molecule has 0 spiro atoms. The average Bonchev–Trinajstić information content (AvgIpc) is 2.96. The first-order chi connectivity index (χ1) is 10.3. The van der Waals surface area contributed by atoms with Crippen LogP contribution in [0.5, 0.6) is 5.75 Å². The molecular formula is C18H21NOS. The zero-order chi connectivity index (χ0) is 14.7. The molecule has 3 heteroatoms. The highest BCUT2D eigenvalue weighted by Gasteiger charge is 2.23. The lowest BCUT2D eigenvalue weighted by Gasteiger charge is -2.14. The molecule has 0 saturated heterocycles. The number of benzene rings is 2. The van der Waals surface area contributed by atoms with Crippen LogP contribution in [-0.2, 0) is 0 Å². The van der Waals surface area contributed by atoms with Gasteiger partial charge in [0.05, 0.1) is 6.61 Å². The summed E-state index contributed by atoms with van der Waals surface area (Å²) in [5.41, 5.74) is 8.62. The molecule has 0 aromatic heterocycles. The van der Waals surface area contributed by atoms with Crippen molar-refractivity contribution in [3.8, 4) is 5.75 Å². The Morgan fingerprint density at radius 3 is 2.71 bits per heavy atom. The van der Waals surface area contributed by atoms with Gasteiger partial charge in [0, 0.05) is 22.6 Å². The predicted octanol–water partition coefficient (Wildman–Crippen LogP) is 4.36. The first kappa shape index (κ1) is 14.5. The zero-order valence-electron chi connectivity index (χ0n) is 12.3. The maximum atomic E-state index is 6.03. The monoisotopic (exact) mass is 299 g/mol. The van der Waals surface area contributed by atoms with E-state index in [2.05, 4.69) is 43.3 Å². The second-order valence-corrected chi connectivity index (χ2v) is 6.50. The van der Waals surface area contributed by atoms with Crippen LogP contribution in [0.25, 0.3) is 0 Å². The normalized spacial score (nSPS) is 18.3. The molecule has 21 heavy (non-hydrogen) atoms. The van der Waals surface area contributed by atoms with E-state index >= 15 is 0 Å². The summed E-state index contributed by atoms with van der Waals surface area (Å²) in [5, 5.41) is 0. The van der Waals surface area contributed by atoms with Gasteiger partial charge in [-0.25, -0.2) is 0 Å². The van der Waals surface area contributed by atoms with E-state index in [0.29, 0.717) is 5.92 Å². The fraction of sp³-hybridized carbons (Fsp3) is 0.333. The van der Waals surface area contributed by atoms with Crippen LogP contribution in [0.3, 0.4) is 0 Å². The topological polar surface area (TPSA) is 35.2 Å². The van der Waals surface area contributed by atoms with Gasteiger partial charge in [-0.1, -0.05) is 37.3 Å². The van der Waals surface area contributed by atoms with Crippen molar-refractivity contribution in [3.05, 3.63) is 59.7 Å². The molecule has 2 atom stereocenters. The summed E-state index contributed by atoms with van der Waals surface area (Å²) in [6.45, 7) is 2.84. The Morgan fingerprint density at radius 1 is 1.19 bits per heavy atom. The molecule has 0 radical (unpaired) electrons. The van der Waals surface area contributed by atoms with Crippen molar-refractivity contribution in [2.45, 2.75) is 30.2 Å². The van der Waals surface area contributed by atoms with Gasteiger partial charge in [0.1, 0.15) is 5.75 Å². The first-order valence-corrected chi connectivity index (χ1v) is 8.46. The van der Waals surface area contributed by atoms with Crippen molar-refractivity contribution in [3.63, 3.8) is 0 Å². The summed E-state index contributed by atoms with van der Waals surface area (Å²) in [6.07, 6.45) is 0.955. The van der Waals surface area contributed by atoms with Gasteiger partial charge in [-0.05, 0) is 35.7 Å². The lowest BCUT2D eigenvalue weighted by atomic mass is 10.0. The van der Waals surface area contributed by atoms with Crippen LogP contribution < -0.4 is 10.5 Å². The van der Waals surface area contributed by atoms with E-state index < -0.39 is 0 Å².